The molecule has 1 saturated heterocycles. The fourth-order valence-corrected chi connectivity index (χ4v) is 6.79. The molecule has 0 aromatic heterocycles. The molecule has 1 unspecified atom stereocenters. The molecule has 1 aliphatic rings. The Balaban J connectivity index is 1.35. The highest BCUT2D eigenvalue weighted by molar-refractivity contribution is 7.88. The summed E-state index contributed by atoms with van der Waals surface area (Å²) in [6.07, 6.45) is -2.94. The highest BCUT2D eigenvalue weighted by Crippen LogP contribution is 2.37. The Kier molecular flexibility index (Phi) is 11.4. The van der Waals surface area contributed by atoms with Crippen molar-refractivity contribution >= 4 is 16.1 Å². The third-order valence-electron chi connectivity index (χ3n) is 9.01. The molecule has 6 rings (SSSR count). The van der Waals surface area contributed by atoms with E-state index in [2.05, 4.69) is 4.18 Å². The number of urea groups is 1. The van der Waals surface area contributed by atoms with Gasteiger partial charge in [0.25, 0.3) is 0 Å². The molecule has 5 aromatic rings. The summed E-state index contributed by atoms with van der Waals surface area (Å²) in [6.45, 7) is 0.462. The van der Waals surface area contributed by atoms with E-state index in [1.54, 1.807) is 36.4 Å². The average Bonchev–Trinajstić information content (AvgIpc) is 3.22. The van der Waals surface area contributed by atoms with E-state index in [4.69, 9.17) is 4.74 Å². The minimum Gasteiger partial charge on any atom is -0.489 e. The van der Waals surface area contributed by atoms with Gasteiger partial charge in [-0.25, -0.2) is 4.79 Å². The summed E-state index contributed by atoms with van der Waals surface area (Å²) < 4.78 is 72.5. The zero-order valence-electron chi connectivity index (χ0n) is 28.3. The fraction of sp³-hybridized carbons (Fsp3) is 0.225. The summed E-state index contributed by atoms with van der Waals surface area (Å²) >= 11 is 0. The molecule has 2 amide bonds. The number of ether oxygens (including phenoxy) is 1. The Bertz CT molecular complexity index is 2050. The molecule has 2 N–H and O–H groups in total. The first kappa shape index (κ1) is 37.4. The van der Waals surface area contributed by atoms with Gasteiger partial charge >= 0.3 is 21.7 Å². The van der Waals surface area contributed by atoms with Gasteiger partial charge in [-0.1, -0.05) is 115 Å². The van der Waals surface area contributed by atoms with Crippen molar-refractivity contribution in [1.29, 1.82) is 0 Å². The van der Waals surface area contributed by atoms with Gasteiger partial charge in [-0.05, 0) is 58.5 Å². The SMILES string of the molecule is O=C1N(Cc2ccccc2)C(c2ccc(OS(=O)(=O)C(F)(F)F)cc2)[C@H](O)[C@@H](O)[C@@H](Cc2ccc(OCc3ccccc3)cc2)N1Cc1ccccc1. The summed E-state index contributed by atoms with van der Waals surface area (Å²) in [6, 6.07) is 37.1. The first-order valence-electron chi connectivity index (χ1n) is 16.8. The molecule has 276 valence electrons. The summed E-state index contributed by atoms with van der Waals surface area (Å²) in [5.41, 5.74) is -2.14. The van der Waals surface area contributed by atoms with Gasteiger partial charge < -0.3 is 28.9 Å². The van der Waals surface area contributed by atoms with Crippen LogP contribution in [0.4, 0.5) is 18.0 Å². The van der Waals surface area contributed by atoms with Crippen molar-refractivity contribution in [2.24, 2.45) is 0 Å². The van der Waals surface area contributed by atoms with E-state index in [1.165, 1.54) is 21.9 Å². The molecule has 1 aliphatic heterocycles. The summed E-state index contributed by atoms with van der Waals surface area (Å²) in [5.74, 6) is 0.0104. The quantitative estimate of drug-likeness (QED) is 0.104. The van der Waals surface area contributed by atoms with Gasteiger partial charge in [-0.3, -0.25) is 0 Å². The van der Waals surface area contributed by atoms with Gasteiger partial charge in [-0.2, -0.15) is 21.6 Å². The third-order valence-corrected chi connectivity index (χ3v) is 9.99. The Morgan fingerprint density at radius 1 is 0.604 bits per heavy atom. The highest BCUT2D eigenvalue weighted by atomic mass is 32.2. The van der Waals surface area contributed by atoms with Crippen LogP contribution in [0.25, 0.3) is 0 Å². The normalized spacial score (nSPS) is 19.5. The Hall–Kier alpha value is -5.37. The second kappa shape index (κ2) is 16.1. The van der Waals surface area contributed by atoms with E-state index < -0.39 is 51.7 Å². The number of amides is 2. The summed E-state index contributed by atoms with van der Waals surface area (Å²) in [4.78, 5) is 17.8. The van der Waals surface area contributed by atoms with Crippen molar-refractivity contribution in [3.63, 3.8) is 0 Å². The monoisotopic (exact) mass is 746 g/mol. The lowest BCUT2D eigenvalue weighted by molar-refractivity contribution is -0.0500. The number of carbonyl (C=O) groups excluding carboxylic acids is 1. The van der Waals surface area contributed by atoms with Crippen molar-refractivity contribution in [2.45, 2.75) is 55.9 Å². The third kappa shape index (κ3) is 8.99. The molecule has 0 saturated carbocycles. The van der Waals surface area contributed by atoms with Crippen LogP contribution < -0.4 is 8.92 Å². The van der Waals surface area contributed by atoms with Gasteiger partial charge in [0.1, 0.15) is 30.3 Å². The van der Waals surface area contributed by atoms with Crippen LogP contribution in [0.1, 0.15) is 33.9 Å². The first-order valence-corrected chi connectivity index (χ1v) is 18.2. The lowest BCUT2D eigenvalue weighted by Gasteiger charge is -2.36. The molecular weight excluding hydrogens is 710 g/mol. The Morgan fingerprint density at radius 2 is 1.09 bits per heavy atom. The van der Waals surface area contributed by atoms with E-state index in [0.717, 1.165) is 28.8 Å². The number of aliphatic hydroxyl groups is 2. The maximum absolute atomic E-state index is 14.8. The van der Waals surface area contributed by atoms with Gasteiger partial charge in [0.2, 0.25) is 0 Å². The molecule has 0 radical (unpaired) electrons. The minimum absolute atomic E-state index is 0.000282. The van der Waals surface area contributed by atoms with Gasteiger partial charge in [0.15, 0.2) is 0 Å². The molecule has 5 aromatic carbocycles. The van der Waals surface area contributed by atoms with Crippen LogP contribution in [-0.2, 0) is 36.2 Å². The first-order chi connectivity index (χ1) is 25.4. The molecule has 0 bridgehead atoms. The van der Waals surface area contributed by atoms with E-state index >= 15 is 0 Å². The summed E-state index contributed by atoms with van der Waals surface area (Å²) in [7, 11) is -5.94. The zero-order valence-corrected chi connectivity index (χ0v) is 29.1. The van der Waals surface area contributed by atoms with Gasteiger partial charge in [0.05, 0.1) is 12.1 Å². The molecule has 0 aliphatic carbocycles. The van der Waals surface area contributed by atoms with Crippen LogP contribution >= 0.6 is 0 Å². The van der Waals surface area contributed by atoms with Crippen LogP contribution in [0.2, 0.25) is 0 Å². The second-order valence-electron chi connectivity index (χ2n) is 12.7. The lowest BCUT2D eigenvalue weighted by atomic mass is 9.90. The van der Waals surface area contributed by atoms with Crippen LogP contribution in [0.3, 0.4) is 0 Å². The van der Waals surface area contributed by atoms with Crippen LogP contribution in [0, 0.1) is 0 Å². The number of carbonyl (C=O) groups is 1. The maximum Gasteiger partial charge on any atom is 0.534 e. The number of aliphatic hydroxyl groups excluding tert-OH is 2. The van der Waals surface area contributed by atoms with E-state index in [-0.39, 0.29) is 25.1 Å². The van der Waals surface area contributed by atoms with E-state index in [0.29, 0.717) is 17.9 Å². The van der Waals surface area contributed by atoms with Gasteiger partial charge in [0, 0.05) is 13.1 Å². The zero-order chi connectivity index (χ0) is 37.6. The molecule has 1 fully saturated rings. The maximum atomic E-state index is 14.8. The van der Waals surface area contributed by atoms with Crippen molar-refractivity contribution in [3.05, 3.63) is 167 Å². The fourth-order valence-electron chi connectivity index (χ4n) is 6.33. The van der Waals surface area contributed by atoms with Crippen molar-refractivity contribution < 1.29 is 45.5 Å². The molecule has 0 spiro atoms. The average molecular weight is 747 g/mol. The molecule has 4 atom stereocenters. The second-order valence-corrected chi connectivity index (χ2v) is 14.2. The lowest BCUT2D eigenvalue weighted by Crippen LogP contribution is -2.50. The van der Waals surface area contributed by atoms with Crippen molar-refractivity contribution in [1.82, 2.24) is 9.80 Å². The van der Waals surface area contributed by atoms with Gasteiger partial charge in [-0.15, -0.1) is 0 Å². The Labute approximate surface area is 305 Å². The van der Waals surface area contributed by atoms with Crippen LogP contribution in [0.5, 0.6) is 11.5 Å². The topological polar surface area (TPSA) is 117 Å². The Morgan fingerprint density at radius 3 is 1.62 bits per heavy atom. The highest BCUT2D eigenvalue weighted by Gasteiger charge is 2.49. The molecular formula is C40H37F3N2O7S. The number of rotatable bonds is 12. The minimum atomic E-state index is -5.94. The largest absolute Gasteiger partial charge is 0.534 e. The standard InChI is InChI=1S/C40H37F3N2O7S/c41-40(42,43)53(49,50)52-34-22-18-32(19-23-34)36-38(47)37(46)35(24-28-16-20-33(21-17-28)51-27-31-14-8-3-9-15-31)44(25-29-10-4-1-5-11-29)39(48)45(36)26-30-12-6-2-7-13-30/h1-23,35-38,46-47H,24-27H2/t35-,36?,37+,38+/m1/s1. The predicted molar refractivity (Wildman–Crippen MR) is 191 cm³/mol. The van der Waals surface area contributed by atoms with Crippen LogP contribution in [0.15, 0.2) is 140 Å². The number of hydrogen-bond acceptors (Lipinski definition) is 7. The number of benzene rings is 5. The molecule has 13 heteroatoms. The van der Waals surface area contributed by atoms with Crippen molar-refractivity contribution in [3.8, 4) is 11.5 Å². The van der Waals surface area contributed by atoms with Crippen molar-refractivity contribution in [2.75, 3.05) is 0 Å². The number of alkyl halides is 3. The number of nitrogens with zero attached hydrogens (tertiary/aromatic N) is 2. The predicted octanol–water partition coefficient (Wildman–Crippen LogP) is 7.01. The summed E-state index contributed by atoms with van der Waals surface area (Å²) in [5, 5.41) is 24.0. The van der Waals surface area contributed by atoms with Crippen LogP contribution in [-0.4, -0.2) is 58.2 Å². The van der Waals surface area contributed by atoms with E-state index in [1.807, 2.05) is 78.9 Å². The van der Waals surface area contributed by atoms with E-state index in [9.17, 15) is 36.6 Å². The number of hydrogen-bond donors (Lipinski definition) is 2. The molecule has 1 heterocycles. The molecule has 53 heavy (non-hydrogen) atoms. The molecule has 9 nitrogen and oxygen atoms in total. The smallest absolute Gasteiger partial charge is 0.489 e. The number of halogens is 3.